The summed E-state index contributed by atoms with van der Waals surface area (Å²) >= 11 is 0. The van der Waals surface area contributed by atoms with Gasteiger partial charge in [-0.15, -0.1) is 0 Å². The number of likely N-dealkylation sites (tertiary alicyclic amines) is 1. The maximum atomic E-state index is 13.4. The number of aryl methyl sites for hydroxylation is 2. The Morgan fingerprint density at radius 1 is 0.955 bits per heavy atom. The third-order valence-electron chi connectivity index (χ3n) is 13.8. The van der Waals surface area contributed by atoms with Crippen LogP contribution in [-0.2, 0) is 23.1 Å². The SMILES string of the molecule is C/C=C\C.CCCC.COc1cc2nn(C3CCC(N(C)C4CCN(CCCc5cccc6c5n(C)c(=O)n6C5CCC(=O)NC5=O)CC4)CC3)cc2cc1C(=O)Nc1cnc2cccnn12. The standard InChI is InChI=1S/C43H51N11O5.C4H10.C4H8/c1-49(30-17-21-51(22-18-30)20-6-8-27-7-4-9-34-40(27)50(2)43(58)53(34)35-15-16-39(55)47-42(35)57)29-11-13-31(14-12-29)52-26-28-23-32(36(59-3)24-33(28)48-52)41(56)46-38-25-44-37-10-5-19-45-54(37)38;2*1-3-4-2/h4-5,7,9-10,19,23-26,29-31,35H,6,8,11-18,20-22H2,1-3H3,(H,46,56)(H,47,55,57);3-4H2,1-2H3;3-4H,1-2H3/b;;4-3-. The number of benzene rings is 2. The molecule has 9 rings (SSSR count). The highest BCUT2D eigenvalue weighted by atomic mass is 16.5. The maximum Gasteiger partial charge on any atom is 0.329 e. The number of methoxy groups -OCH3 is 1. The summed E-state index contributed by atoms with van der Waals surface area (Å²) in [4.78, 5) is 60.7. The molecule has 3 aliphatic rings. The number of nitrogens with one attached hydrogen (secondary N) is 2. The molecule has 3 amide bonds. The number of ether oxygens (including phenoxy) is 1. The minimum Gasteiger partial charge on any atom is -0.496 e. The number of piperidine rings is 2. The number of imidazole rings is 2. The Labute approximate surface area is 393 Å². The number of carbonyl (C=O) groups excluding carboxylic acids is 3. The second-order valence-corrected chi connectivity index (χ2v) is 18.0. The molecule has 0 radical (unpaired) electrons. The average Bonchev–Trinajstić information content (AvgIpc) is 4.04. The average molecular weight is 916 g/mol. The first-order valence-corrected chi connectivity index (χ1v) is 24.2. The lowest BCUT2D eigenvalue weighted by Gasteiger charge is -2.42. The Hall–Kier alpha value is -6.13. The van der Waals surface area contributed by atoms with Gasteiger partial charge in [0.2, 0.25) is 11.8 Å². The van der Waals surface area contributed by atoms with Crippen molar-refractivity contribution in [2.45, 2.75) is 129 Å². The summed E-state index contributed by atoms with van der Waals surface area (Å²) in [5, 5.41) is 15.5. The fourth-order valence-corrected chi connectivity index (χ4v) is 9.73. The Kier molecular flexibility index (Phi) is 16.4. The zero-order valence-electron chi connectivity index (χ0n) is 40.4. The van der Waals surface area contributed by atoms with Crippen LogP contribution in [0.15, 0.2) is 78.0 Å². The van der Waals surface area contributed by atoms with E-state index in [1.807, 2.05) is 56.3 Å². The molecule has 0 bridgehead atoms. The van der Waals surface area contributed by atoms with Crippen LogP contribution in [0.3, 0.4) is 0 Å². The zero-order chi connectivity index (χ0) is 47.6. The van der Waals surface area contributed by atoms with E-state index in [2.05, 4.69) is 68.4 Å². The fraction of sp³-hybridized carbons (Fsp3) is 0.510. The molecular weight excluding hydrogens is 847 g/mol. The predicted octanol–water partition coefficient (Wildman–Crippen LogP) is 7.87. The zero-order valence-corrected chi connectivity index (χ0v) is 40.4. The molecule has 1 unspecified atom stereocenters. The summed E-state index contributed by atoms with van der Waals surface area (Å²) in [6.07, 6.45) is 20.9. The molecule has 16 nitrogen and oxygen atoms in total. The number of rotatable bonds is 12. The van der Waals surface area contributed by atoms with Crippen LogP contribution in [0.5, 0.6) is 5.75 Å². The van der Waals surface area contributed by atoms with Gasteiger partial charge in [-0.25, -0.2) is 9.78 Å². The predicted molar refractivity (Wildman–Crippen MR) is 264 cm³/mol. The second-order valence-electron chi connectivity index (χ2n) is 18.0. The molecule has 2 aliphatic heterocycles. The van der Waals surface area contributed by atoms with Crippen LogP contribution in [0.2, 0.25) is 0 Å². The second kappa shape index (κ2) is 22.6. The molecule has 2 aromatic carbocycles. The summed E-state index contributed by atoms with van der Waals surface area (Å²) in [5.74, 6) is -0.0614. The lowest BCUT2D eigenvalue weighted by atomic mass is 9.88. The number of carbonyl (C=O) groups is 3. The van der Waals surface area contributed by atoms with Gasteiger partial charge in [0.15, 0.2) is 11.5 Å². The summed E-state index contributed by atoms with van der Waals surface area (Å²) in [6.45, 7) is 11.5. The van der Waals surface area contributed by atoms with Crippen molar-refractivity contribution in [3.05, 3.63) is 94.8 Å². The Morgan fingerprint density at radius 3 is 2.37 bits per heavy atom. The van der Waals surface area contributed by atoms with Crippen LogP contribution in [0.1, 0.15) is 126 Å². The Morgan fingerprint density at radius 2 is 1.69 bits per heavy atom. The van der Waals surface area contributed by atoms with Gasteiger partial charge in [-0.05, 0) is 128 Å². The summed E-state index contributed by atoms with van der Waals surface area (Å²) in [6, 6.07) is 14.0. The molecule has 4 aromatic heterocycles. The van der Waals surface area contributed by atoms with E-state index in [1.54, 1.807) is 46.3 Å². The first-order chi connectivity index (χ1) is 32.5. The van der Waals surface area contributed by atoms with Crippen molar-refractivity contribution in [2.75, 3.05) is 39.1 Å². The van der Waals surface area contributed by atoms with E-state index in [0.29, 0.717) is 47.3 Å². The molecule has 2 N–H and O–H groups in total. The van der Waals surface area contributed by atoms with Crippen LogP contribution in [0, 0.1) is 0 Å². The highest BCUT2D eigenvalue weighted by molar-refractivity contribution is 6.08. The third kappa shape index (κ3) is 11.0. The van der Waals surface area contributed by atoms with Crippen molar-refractivity contribution < 1.29 is 19.1 Å². The molecule has 3 fully saturated rings. The quantitative estimate of drug-likeness (QED) is 0.0912. The molecule has 1 saturated carbocycles. The smallest absolute Gasteiger partial charge is 0.329 e. The summed E-state index contributed by atoms with van der Waals surface area (Å²) in [7, 11) is 5.64. The first kappa shape index (κ1) is 48.8. The van der Waals surface area contributed by atoms with Crippen LogP contribution in [0.4, 0.5) is 5.82 Å². The molecular formula is C51H69N11O5. The van der Waals surface area contributed by atoms with Crippen molar-refractivity contribution >= 4 is 51.1 Å². The number of hydrogen-bond acceptors (Lipinski definition) is 10. The van der Waals surface area contributed by atoms with Crippen molar-refractivity contribution in [1.29, 1.82) is 0 Å². The maximum absolute atomic E-state index is 13.4. The number of imide groups is 1. The van der Waals surface area contributed by atoms with E-state index in [-0.39, 0.29) is 23.9 Å². The van der Waals surface area contributed by atoms with E-state index in [9.17, 15) is 19.2 Å². The number of nitrogens with zero attached hydrogens (tertiary/aromatic N) is 9. The first-order valence-electron chi connectivity index (χ1n) is 24.2. The van der Waals surface area contributed by atoms with Gasteiger partial charge < -0.3 is 19.9 Å². The highest BCUT2D eigenvalue weighted by Crippen LogP contribution is 2.35. The van der Waals surface area contributed by atoms with Crippen molar-refractivity contribution in [3.63, 3.8) is 0 Å². The number of hydrogen-bond donors (Lipinski definition) is 2. The van der Waals surface area contributed by atoms with Crippen molar-refractivity contribution in [2.24, 2.45) is 7.05 Å². The number of unbranched alkanes of at least 4 members (excludes halogenated alkanes) is 1. The Bertz CT molecular complexity index is 2730. The third-order valence-corrected chi connectivity index (χ3v) is 13.8. The van der Waals surface area contributed by atoms with Gasteiger partial charge in [-0.1, -0.05) is 51.0 Å². The van der Waals surface area contributed by atoms with Gasteiger partial charge in [0.1, 0.15) is 11.8 Å². The molecule has 2 saturated heterocycles. The lowest BCUT2D eigenvalue weighted by molar-refractivity contribution is -0.135. The van der Waals surface area contributed by atoms with E-state index < -0.39 is 11.9 Å². The van der Waals surface area contributed by atoms with E-state index in [0.717, 1.165) is 98.5 Å². The molecule has 1 aliphatic carbocycles. The van der Waals surface area contributed by atoms with Gasteiger partial charge in [0.05, 0.1) is 41.5 Å². The van der Waals surface area contributed by atoms with Crippen molar-refractivity contribution in [3.8, 4) is 5.75 Å². The van der Waals surface area contributed by atoms with E-state index in [1.165, 1.54) is 12.8 Å². The number of aromatic nitrogens is 7. The van der Waals surface area contributed by atoms with Crippen LogP contribution >= 0.6 is 0 Å². The monoisotopic (exact) mass is 916 g/mol. The molecule has 0 spiro atoms. The van der Waals surface area contributed by atoms with E-state index >= 15 is 0 Å². The largest absolute Gasteiger partial charge is 0.496 e. The van der Waals surface area contributed by atoms with Gasteiger partial charge in [-0.2, -0.15) is 14.7 Å². The number of amides is 3. The fourth-order valence-electron chi connectivity index (χ4n) is 9.73. The molecule has 16 heteroatoms. The molecule has 67 heavy (non-hydrogen) atoms. The molecule has 358 valence electrons. The van der Waals surface area contributed by atoms with Crippen LogP contribution in [-0.4, -0.2) is 107 Å². The van der Waals surface area contributed by atoms with Gasteiger partial charge >= 0.3 is 5.69 Å². The summed E-state index contributed by atoms with van der Waals surface area (Å²) < 4.78 is 12.5. The summed E-state index contributed by atoms with van der Waals surface area (Å²) in [5.41, 5.74) is 4.36. The van der Waals surface area contributed by atoms with Crippen LogP contribution < -0.4 is 21.1 Å². The lowest BCUT2D eigenvalue weighted by Crippen LogP contribution is -2.48. The number of anilines is 1. The molecule has 6 heterocycles. The minimum absolute atomic E-state index is 0.227. The number of allylic oxidation sites excluding steroid dienone is 2. The highest BCUT2D eigenvalue weighted by Gasteiger charge is 2.33. The minimum atomic E-state index is -0.679. The van der Waals surface area contributed by atoms with E-state index in [4.69, 9.17) is 9.84 Å². The van der Waals surface area contributed by atoms with Gasteiger partial charge in [0.25, 0.3) is 5.91 Å². The normalized spacial score (nSPS) is 19.4. The molecule has 6 aromatic rings. The topological polar surface area (TPSA) is 166 Å². The Balaban J connectivity index is 0.000000773. The number of fused-ring (bicyclic) bond motifs is 3. The van der Waals surface area contributed by atoms with Gasteiger partial charge in [-0.3, -0.25) is 33.5 Å². The van der Waals surface area contributed by atoms with Crippen molar-refractivity contribution in [1.82, 2.24) is 48.6 Å². The number of para-hydroxylation sites is 1. The molecule has 1 atom stereocenters. The van der Waals surface area contributed by atoms with Gasteiger partial charge in [0, 0.05) is 49.4 Å². The van der Waals surface area contributed by atoms with Crippen LogP contribution in [0.25, 0.3) is 27.6 Å².